The quantitative estimate of drug-likeness (QED) is 0.926. The summed E-state index contributed by atoms with van der Waals surface area (Å²) in [5, 5.41) is 3.38. The number of ether oxygens (including phenoxy) is 1. The molecule has 0 aliphatic carbocycles. The van der Waals surface area contributed by atoms with Crippen molar-refractivity contribution in [2.24, 2.45) is 0 Å². The Kier molecular flexibility index (Phi) is 6.30. The summed E-state index contributed by atoms with van der Waals surface area (Å²) < 4.78 is 5.30. The van der Waals surface area contributed by atoms with E-state index in [1.165, 1.54) is 0 Å². The lowest BCUT2D eigenvalue weighted by atomic mass is 10.1. The van der Waals surface area contributed by atoms with Gasteiger partial charge in [-0.15, -0.1) is 12.4 Å². The van der Waals surface area contributed by atoms with Crippen LogP contribution < -0.4 is 10.1 Å². The molecular formula is C15H23ClN2O2. The Morgan fingerprint density at radius 3 is 2.80 bits per heavy atom. The molecule has 1 aromatic carbocycles. The van der Waals surface area contributed by atoms with Crippen LogP contribution in [0.4, 0.5) is 0 Å². The van der Waals surface area contributed by atoms with Gasteiger partial charge in [-0.2, -0.15) is 0 Å². The van der Waals surface area contributed by atoms with Crippen LogP contribution in [0.15, 0.2) is 24.3 Å². The minimum Gasteiger partial charge on any atom is -0.496 e. The maximum Gasteiger partial charge on any atom is 0.227 e. The zero-order valence-electron chi connectivity index (χ0n) is 12.3. The Bertz CT molecular complexity index is 453. The van der Waals surface area contributed by atoms with Gasteiger partial charge in [0.15, 0.2) is 0 Å². The molecule has 1 N–H and O–H groups in total. The van der Waals surface area contributed by atoms with Gasteiger partial charge in [-0.3, -0.25) is 4.79 Å². The maximum absolute atomic E-state index is 12.4. The average Bonchev–Trinajstić information content (AvgIpc) is 2.42. The Hall–Kier alpha value is -1.26. The fraction of sp³-hybridized carbons (Fsp3) is 0.533. The van der Waals surface area contributed by atoms with Crippen molar-refractivity contribution in [1.82, 2.24) is 10.2 Å². The average molecular weight is 299 g/mol. The van der Waals surface area contributed by atoms with E-state index in [1.54, 1.807) is 7.11 Å². The third-order valence-corrected chi connectivity index (χ3v) is 3.62. The van der Waals surface area contributed by atoms with Gasteiger partial charge in [-0.25, -0.2) is 0 Å². The molecule has 1 saturated heterocycles. The molecule has 2 atom stereocenters. The molecule has 112 valence electrons. The molecule has 0 saturated carbocycles. The lowest BCUT2D eigenvalue weighted by molar-refractivity contribution is -0.133. The number of nitrogens with one attached hydrogen (secondary N) is 1. The Balaban J connectivity index is 0.00000200. The molecule has 5 heteroatoms. The van der Waals surface area contributed by atoms with Crippen molar-refractivity contribution in [1.29, 1.82) is 0 Å². The van der Waals surface area contributed by atoms with Crippen LogP contribution in [-0.4, -0.2) is 43.1 Å². The fourth-order valence-electron chi connectivity index (χ4n) is 2.48. The number of hydrogen-bond acceptors (Lipinski definition) is 3. The standard InChI is InChI=1S/C15H22N2O2.ClH/c1-11-10-17(12(2)9-16-11)15(18)8-13-6-4-5-7-14(13)19-3;/h4-7,11-12,16H,8-10H2,1-3H3;1H. The summed E-state index contributed by atoms with van der Waals surface area (Å²) >= 11 is 0. The van der Waals surface area contributed by atoms with Crippen molar-refractivity contribution >= 4 is 18.3 Å². The summed E-state index contributed by atoms with van der Waals surface area (Å²) in [5.41, 5.74) is 0.952. The number of rotatable bonds is 3. The highest BCUT2D eigenvalue weighted by Crippen LogP contribution is 2.19. The minimum atomic E-state index is 0. The van der Waals surface area contributed by atoms with Crippen molar-refractivity contribution in [3.05, 3.63) is 29.8 Å². The van der Waals surface area contributed by atoms with E-state index in [9.17, 15) is 4.79 Å². The number of carbonyl (C=O) groups is 1. The second kappa shape index (κ2) is 7.50. The van der Waals surface area contributed by atoms with Gasteiger partial charge < -0.3 is 15.0 Å². The van der Waals surface area contributed by atoms with E-state index in [1.807, 2.05) is 29.2 Å². The number of piperazine rings is 1. The largest absolute Gasteiger partial charge is 0.496 e. The molecule has 1 aliphatic rings. The number of amides is 1. The second-order valence-corrected chi connectivity index (χ2v) is 5.19. The number of halogens is 1. The Morgan fingerprint density at radius 2 is 2.10 bits per heavy atom. The third kappa shape index (κ3) is 3.87. The number of benzene rings is 1. The molecule has 1 fully saturated rings. The molecule has 0 bridgehead atoms. The number of hydrogen-bond donors (Lipinski definition) is 1. The molecule has 0 spiro atoms. The summed E-state index contributed by atoms with van der Waals surface area (Å²) in [4.78, 5) is 14.4. The van der Waals surface area contributed by atoms with E-state index in [4.69, 9.17) is 4.74 Å². The predicted octanol–water partition coefficient (Wildman–Crippen LogP) is 1.87. The van der Waals surface area contributed by atoms with Crippen LogP contribution in [-0.2, 0) is 11.2 Å². The van der Waals surface area contributed by atoms with Gasteiger partial charge in [0, 0.05) is 30.7 Å². The highest BCUT2D eigenvalue weighted by molar-refractivity contribution is 5.85. The van der Waals surface area contributed by atoms with Crippen LogP contribution in [0.2, 0.25) is 0 Å². The van der Waals surface area contributed by atoms with Crippen LogP contribution in [0.25, 0.3) is 0 Å². The van der Waals surface area contributed by atoms with Crippen molar-refractivity contribution < 1.29 is 9.53 Å². The van der Waals surface area contributed by atoms with E-state index in [0.29, 0.717) is 12.5 Å². The van der Waals surface area contributed by atoms with Crippen LogP contribution in [0, 0.1) is 0 Å². The molecule has 1 aliphatic heterocycles. The van der Waals surface area contributed by atoms with Gasteiger partial charge in [0.1, 0.15) is 5.75 Å². The first-order valence-corrected chi connectivity index (χ1v) is 6.76. The SMILES string of the molecule is COc1ccccc1CC(=O)N1CC(C)NCC1C.Cl. The lowest BCUT2D eigenvalue weighted by Crippen LogP contribution is -2.56. The van der Waals surface area contributed by atoms with Crippen LogP contribution >= 0.6 is 12.4 Å². The molecule has 1 amide bonds. The van der Waals surface area contributed by atoms with E-state index in [-0.39, 0.29) is 24.4 Å². The minimum absolute atomic E-state index is 0. The Morgan fingerprint density at radius 1 is 1.40 bits per heavy atom. The first-order chi connectivity index (χ1) is 9.11. The van der Waals surface area contributed by atoms with E-state index in [0.717, 1.165) is 24.4 Å². The molecule has 0 radical (unpaired) electrons. The third-order valence-electron chi connectivity index (χ3n) is 3.62. The molecule has 2 unspecified atom stereocenters. The van der Waals surface area contributed by atoms with Crippen LogP contribution in [0.5, 0.6) is 5.75 Å². The second-order valence-electron chi connectivity index (χ2n) is 5.19. The lowest BCUT2D eigenvalue weighted by Gasteiger charge is -2.37. The van der Waals surface area contributed by atoms with Crippen LogP contribution in [0.3, 0.4) is 0 Å². The van der Waals surface area contributed by atoms with Crippen molar-refractivity contribution in [2.75, 3.05) is 20.2 Å². The fourth-order valence-corrected chi connectivity index (χ4v) is 2.48. The molecular weight excluding hydrogens is 276 g/mol. The van der Waals surface area contributed by atoms with Crippen molar-refractivity contribution in [3.63, 3.8) is 0 Å². The first kappa shape index (κ1) is 16.8. The molecule has 2 rings (SSSR count). The van der Waals surface area contributed by atoms with E-state index in [2.05, 4.69) is 19.2 Å². The van der Waals surface area contributed by atoms with Gasteiger partial charge in [-0.1, -0.05) is 18.2 Å². The molecule has 0 aromatic heterocycles. The zero-order chi connectivity index (χ0) is 13.8. The number of carbonyl (C=O) groups excluding carboxylic acids is 1. The van der Waals surface area contributed by atoms with Gasteiger partial charge in [0.2, 0.25) is 5.91 Å². The number of methoxy groups -OCH3 is 1. The predicted molar refractivity (Wildman–Crippen MR) is 82.6 cm³/mol. The number of para-hydroxylation sites is 1. The first-order valence-electron chi connectivity index (χ1n) is 6.76. The van der Waals surface area contributed by atoms with Crippen LogP contribution in [0.1, 0.15) is 19.4 Å². The summed E-state index contributed by atoms with van der Waals surface area (Å²) in [7, 11) is 1.64. The summed E-state index contributed by atoms with van der Waals surface area (Å²) in [6.07, 6.45) is 0.404. The van der Waals surface area contributed by atoms with Crippen molar-refractivity contribution in [3.8, 4) is 5.75 Å². The van der Waals surface area contributed by atoms with Gasteiger partial charge in [0.25, 0.3) is 0 Å². The normalized spacial score (nSPS) is 22.1. The monoisotopic (exact) mass is 298 g/mol. The number of nitrogens with zero attached hydrogens (tertiary/aromatic N) is 1. The van der Waals surface area contributed by atoms with E-state index >= 15 is 0 Å². The zero-order valence-corrected chi connectivity index (χ0v) is 13.1. The van der Waals surface area contributed by atoms with Gasteiger partial charge in [-0.05, 0) is 19.9 Å². The summed E-state index contributed by atoms with van der Waals surface area (Å²) in [5.74, 6) is 0.956. The highest BCUT2D eigenvalue weighted by Gasteiger charge is 2.26. The Labute approximate surface area is 126 Å². The molecule has 1 heterocycles. The summed E-state index contributed by atoms with van der Waals surface area (Å²) in [6.45, 7) is 5.82. The van der Waals surface area contributed by atoms with Crippen molar-refractivity contribution in [2.45, 2.75) is 32.4 Å². The molecule has 4 nitrogen and oxygen atoms in total. The topological polar surface area (TPSA) is 41.6 Å². The smallest absolute Gasteiger partial charge is 0.227 e. The van der Waals surface area contributed by atoms with Gasteiger partial charge >= 0.3 is 0 Å². The van der Waals surface area contributed by atoms with E-state index < -0.39 is 0 Å². The van der Waals surface area contributed by atoms with Gasteiger partial charge in [0.05, 0.1) is 13.5 Å². The highest BCUT2D eigenvalue weighted by atomic mass is 35.5. The molecule has 1 aromatic rings. The summed E-state index contributed by atoms with van der Waals surface area (Å²) in [6, 6.07) is 8.31. The molecule has 20 heavy (non-hydrogen) atoms. The maximum atomic E-state index is 12.4.